The molecule has 0 radical (unpaired) electrons. The van der Waals surface area contributed by atoms with E-state index in [1.54, 1.807) is 24.3 Å². The standard InChI is InChI=1S/C23H24BrClN6O4S/c1-31-20-15-13(7-12(8-35-28)29-19(15)17(26)16(25)18(20)27)22(31)36-9-14(23(33)34-2)30-21(32)10-3-5-11(24)6-4-10/h3-7,14,22H,8-9,26-28H2,1-2H3,(H,30,32)/p+1. The number of thioether (sulfide) groups is 1. The van der Waals surface area contributed by atoms with Crippen LogP contribution in [0.1, 0.15) is 27.0 Å². The number of anilines is 2. The number of nitrogen functional groups attached to an aromatic ring is 2. The molecule has 4 rings (SSSR count). The average molecular weight is 597 g/mol. The van der Waals surface area contributed by atoms with Gasteiger partial charge in [0.05, 0.1) is 35.9 Å². The van der Waals surface area contributed by atoms with E-state index in [1.165, 1.54) is 18.9 Å². The molecule has 0 fully saturated rings. The van der Waals surface area contributed by atoms with Gasteiger partial charge in [0.1, 0.15) is 23.9 Å². The van der Waals surface area contributed by atoms with Crippen LogP contribution in [0.5, 0.6) is 0 Å². The molecule has 3 unspecified atom stereocenters. The number of carbonyl (C=O) groups is 2. The quantitative estimate of drug-likeness (QED) is 0.149. The van der Waals surface area contributed by atoms with Crippen molar-refractivity contribution in [1.82, 2.24) is 10.3 Å². The van der Waals surface area contributed by atoms with Crippen molar-refractivity contribution in [2.75, 3.05) is 31.4 Å². The lowest BCUT2D eigenvalue weighted by Crippen LogP contribution is -3.02. The molecule has 0 saturated carbocycles. The Bertz CT molecular complexity index is 1340. The van der Waals surface area contributed by atoms with Gasteiger partial charge in [0.25, 0.3) is 5.91 Å². The van der Waals surface area contributed by atoms with Crippen molar-refractivity contribution in [3.8, 4) is 0 Å². The number of pyridine rings is 1. The highest BCUT2D eigenvalue weighted by molar-refractivity contribution is 9.10. The van der Waals surface area contributed by atoms with Gasteiger partial charge in [0.2, 0.25) is 0 Å². The number of nitrogens with two attached hydrogens (primary N) is 3. The molecule has 0 saturated heterocycles. The van der Waals surface area contributed by atoms with E-state index in [0.29, 0.717) is 22.5 Å². The molecule has 1 aromatic heterocycles. The first-order chi connectivity index (χ1) is 17.2. The number of aromatic nitrogens is 1. The minimum atomic E-state index is -0.886. The van der Waals surface area contributed by atoms with Crippen LogP contribution in [0, 0.1) is 0 Å². The van der Waals surface area contributed by atoms with Gasteiger partial charge >= 0.3 is 5.97 Å². The molecular formula is C23H25BrClN6O4S+. The van der Waals surface area contributed by atoms with Gasteiger partial charge in [-0.05, 0) is 30.3 Å². The lowest BCUT2D eigenvalue weighted by atomic mass is 10.1. The van der Waals surface area contributed by atoms with Gasteiger partial charge < -0.3 is 21.5 Å². The van der Waals surface area contributed by atoms with Crippen molar-refractivity contribution in [3.05, 3.63) is 56.6 Å². The number of carbonyl (C=O) groups excluding carboxylic acids is 2. The lowest BCUT2D eigenvalue weighted by Gasteiger charge is -2.22. The second kappa shape index (κ2) is 10.8. The Morgan fingerprint density at radius 1 is 1.28 bits per heavy atom. The summed E-state index contributed by atoms with van der Waals surface area (Å²) in [6.07, 6.45) is 0. The first-order valence-electron chi connectivity index (χ1n) is 10.8. The molecule has 10 nitrogen and oxygen atoms in total. The van der Waals surface area contributed by atoms with Crippen LogP contribution >= 0.6 is 39.3 Å². The summed E-state index contributed by atoms with van der Waals surface area (Å²) in [7, 11) is 3.23. The summed E-state index contributed by atoms with van der Waals surface area (Å²) in [6, 6.07) is 7.83. The van der Waals surface area contributed by atoms with Crippen molar-refractivity contribution in [2.24, 2.45) is 5.90 Å². The van der Waals surface area contributed by atoms with E-state index in [4.69, 9.17) is 38.5 Å². The highest BCUT2D eigenvalue weighted by Gasteiger charge is 2.40. The molecule has 1 amide bonds. The van der Waals surface area contributed by atoms with Crippen molar-refractivity contribution >= 4 is 79.1 Å². The summed E-state index contributed by atoms with van der Waals surface area (Å²) in [5.41, 5.74) is 16.5. The molecule has 0 spiro atoms. The molecule has 0 aliphatic carbocycles. The van der Waals surface area contributed by atoms with Gasteiger partial charge in [-0.1, -0.05) is 39.3 Å². The Balaban J connectivity index is 1.65. The summed E-state index contributed by atoms with van der Waals surface area (Å²) in [5.74, 6) is 4.59. The number of halogens is 2. The first kappa shape index (κ1) is 26.5. The molecule has 3 atom stereocenters. The molecular weight excluding hydrogens is 572 g/mol. The van der Waals surface area contributed by atoms with Crippen molar-refractivity contribution in [2.45, 2.75) is 18.0 Å². The number of benzene rings is 2. The predicted molar refractivity (Wildman–Crippen MR) is 144 cm³/mol. The SMILES string of the molecule is COC(=O)C(CSC1c2cc(CON)nc3c(N)c(Cl)c(N)c(c23)[NH+]1C)NC(=O)c1ccc(Br)cc1. The number of nitrogens with zero attached hydrogens (tertiary/aromatic N) is 1. The fourth-order valence-electron chi connectivity index (χ4n) is 4.27. The monoisotopic (exact) mass is 595 g/mol. The summed E-state index contributed by atoms with van der Waals surface area (Å²) in [4.78, 5) is 35.7. The van der Waals surface area contributed by atoms with Crippen LogP contribution in [0.15, 0.2) is 34.8 Å². The topological polar surface area (TPSA) is 160 Å². The minimum Gasteiger partial charge on any atom is -0.467 e. The highest BCUT2D eigenvalue weighted by Crippen LogP contribution is 2.47. The lowest BCUT2D eigenvalue weighted by molar-refractivity contribution is -0.822. The van der Waals surface area contributed by atoms with Crippen molar-refractivity contribution in [1.29, 1.82) is 0 Å². The number of amides is 1. The van der Waals surface area contributed by atoms with Crippen LogP contribution in [0.2, 0.25) is 5.02 Å². The van der Waals surface area contributed by atoms with E-state index in [2.05, 4.69) is 26.2 Å². The van der Waals surface area contributed by atoms with E-state index in [0.717, 1.165) is 26.0 Å². The largest absolute Gasteiger partial charge is 0.467 e. The van der Waals surface area contributed by atoms with Gasteiger partial charge in [-0.15, -0.1) is 0 Å². The Hall–Kier alpha value is -2.61. The van der Waals surface area contributed by atoms with E-state index < -0.39 is 12.0 Å². The molecule has 1 aliphatic rings. The van der Waals surface area contributed by atoms with E-state index in [9.17, 15) is 9.59 Å². The second-order valence-corrected chi connectivity index (χ2v) is 10.6. The number of nitrogens with one attached hydrogen (secondary N) is 2. The van der Waals surface area contributed by atoms with Crippen LogP contribution in [-0.4, -0.2) is 42.8 Å². The molecule has 0 bridgehead atoms. The van der Waals surface area contributed by atoms with Gasteiger partial charge in [-0.25, -0.2) is 15.7 Å². The molecule has 13 heteroatoms. The summed E-state index contributed by atoms with van der Waals surface area (Å²) >= 11 is 11.2. The Labute approximate surface area is 224 Å². The Morgan fingerprint density at radius 2 is 1.97 bits per heavy atom. The zero-order chi connectivity index (χ0) is 26.1. The molecule has 190 valence electrons. The van der Waals surface area contributed by atoms with E-state index >= 15 is 0 Å². The smallest absolute Gasteiger partial charge is 0.329 e. The number of rotatable bonds is 8. The summed E-state index contributed by atoms with van der Waals surface area (Å²) in [6.45, 7) is 0.0736. The van der Waals surface area contributed by atoms with Crippen LogP contribution < -0.4 is 27.6 Å². The molecule has 3 aromatic rings. The summed E-state index contributed by atoms with van der Waals surface area (Å²) in [5, 5.41) is 3.61. The maximum absolute atomic E-state index is 12.8. The Kier molecular flexibility index (Phi) is 7.93. The normalized spacial score (nSPS) is 17.2. The van der Waals surface area contributed by atoms with Crippen LogP contribution in [0.3, 0.4) is 0 Å². The third-order valence-corrected chi connectivity index (χ3v) is 8.38. The Morgan fingerprint density at radius 3 is 2.61 bits per heavy atom. The third-order valence-electron chi connectivity index (χ3n) is 5.98. The highest BCUT2D eigenvalue weighted by atomic mass is 79.9. The first-order valence-corrected chi connectivity index (χ1v) is 13.0. The third kappa shape index (κ3) is 4.84. The number of esters is 1. The number of quaternary nitrogens is 1. The number of hydrogen-bond acceptors (Lipinski definition) is 9. The van der Waals surface area contributed by atoms with Crippen molar-refractivity contribution in [3.63, 3.8) is 0 Å². The minimum absolute atomic E-state index is 0.0736. The van der Waals surface area contributed by atoms with E-state index in [-0.39, 0.29) is 34.4 Å². The van der Waals surface area contributed by atoms with Crippen LogP contribution in [0.25, 0.3) is 10.9 Å². The number of ether oxygens (including phenoxy) is 1. The summed E-state index contributed by atoms with van der Waals surface area (Å²) < 4.78 is 5.80. The van der Waals surface area contributed by atoms with Crippen molar-refractivity contribution < 1.29 is 24.1 Å². The number of methoxy groups -OCH3 is 1. The van der Waals surface area contributed by atoms with Crippen LogP contribution in [0.4, 0.5) is 17.1 Å². The fraction of sp³-hybridized carbons (Fsp3) is 0.261. The maximum Gasteiger partial charge on any atom is 0.329 e. The van der Waals surface area contributed by atoms with Gasteiger partial charge in [0, 0.05) is 21.4 Å². The fourth-order valence-corrected chi connectivity index (χ4v) is 6.06. The van der Waals surface area contributed by atoms with Crippen LogP contribution in [-0.2, 0) is 21.0 Å². The molecule has 36 heavy (non-hydrogen) atoms. The van der Waals surface area contributed by atoms with E-state index in [1.807, 2.05) is 13.1 Å². The van der Waals surface area contributed by atoms with Gasteiger partial charge in [-0.2, -0.15) is 0 Å². The predicted octanol–water partition coefficient (Wildman–Crippen LogP) is 2.07. The zero-order valence-corrected chi connectivity index (χ0v) is 22.6. The van der Waals surface area contributed by atoms with Gasteiger partial charge in [0.15, 0.2) is 11.1 Å². The zero-order valence-electron chi connectivity index (χ0n) is 19.4. The number of hydrogen-bond donors (Lipinski definition) is 5. The van der Waals surface area contributed by atoms with Gasteiger partial charge in [-0.3, -0.25) is 14.5 Å². The maximum atomic E-state index is 12.8. The molecule has 1 aliphatic heterocycles. The molecule has 2 heterocycles. The molecule has 8 N–H and O–H groups in total. The molecule has 2 aromatic carbocycles. The average Bonchev–Trinajstić information content (AvgIpc) is 3.14. The second-order valence-electron chi connectivity index (χ2n) is 8.21.